The lowest BCUT2D eigenvalue weighted by molar-refractivity contribution is -0.116. The molecule has 0 aliphatic carbocycles. The summed E-state index contributed by atoms with van der Waals surface area (Å²) in [4.78, 5) is 11.8. The van der Waals surface area contributed by atoms with E-state index in [0.717, 1.165) is 5.71 Å². The fourth-order valence-electron chi connectivity index (χ4n) is 1.81. The lowest BCUT2D eigenvalue weighted by Gasteiger charge is -2.14. The summed E-state index contributed by atoms with van der Waals surface area (Å²) in [5, 5.41) is 5.69. The van der Waals surface area contributed by atoms with Crippen LogP contribution < -0.4 is 5.01 Å². The van der Waals surface area contributed by atoms with Gasteiger partial charge in [-0.25, -0.2) is 9.40 Å². The summed E-state index contributed by atoms with van der Waals surface area (Å²) in [5.74, 6) is -0.0981. The van der Waals surface area contributed by atoms with Gasteiger partial charge >= 0.3 is 0 Å². The minimum absolute atomic E-state index is 0.0524. The van der Waals surface area contributed by atoms with Gasteiger partial charge in [-0.15, -0.1) is 0 Å². The maximum absolute atomic E-state index is 13.0. The molecule has 1 aliphatic rings. The smallest absolute Gasteiger partial charge is 0.253 e. The number of benzene rings is 1. The first-order valence-corrected chi connectivity index (χ1v) is 5.65. The van der Waals surface area contributed by atoms with Gasteiger partial charge in [0.1, 0.15) is 5.82 Å². The zero-order valence-corrected chi connectivity index (χ0v) is 10.2. The molecule has 0 saturated heterocycles. The summed E-state index contributed by atoms with van der Waals surface area (Å²) >= 11 is 0. The summed E-state index contributed by atoms with van der Waals surface area (Å²) in [7, 11) is 0. The minimum atomic E-state index is -0.300. The lowest BCUT2D eigenvalue weighted by atomic mass is 10.1. The van der Waals surface area contributed by atoms with Crippen LogP contribution in [0, 0.1) is 18.7 Å². The Morgan fingerprint density at radius 3 is 2.65 bits per heavy atom. The molecule has 1 heterocycles. The van der Waals surface area contributed by atoms with Crippen LogP contribution in [-0.4, -0.2) is 11.6 Å². The van der Waals surface area contributed by atoms with Crippen LogP contribution in [0.3, 0.4) is 0 Å². The molecule has 0 N–H and O–H groups in total. The zero-order chi connectivity index (χ0) is 12.6. The highest BCUT2D eigenvalue weighted by Crippen LogP contribution is 2.26. The van der Waals surface area contributed by atoms with Gasteiger partial charge in [-0.1, -0.05) is 13.8 Å². The summed E-state index contributed by atoms with van der Waals surface area (Å²) < 4.78 is 13.0. The molecule has 1 aliphatic heterocycles. The van der Waals surface area contributed by atoms with Gasteiger partial charge in [0.05, 0.1) is 17.8 Å². The molecule has 0 bridgehead atoms. The van der Waals surface area contributed by atoms with Crippen molar-refractivity contribution in [2.24, 2.45) is 11.0 Å². The SMILES string of the molecule is Cc1cc(F)ccc1N1N=C(C(C)C)CC1=O. The third-order valence-corrected chi connectivity index (χ3v) is 2.85. The van der Waals surface area contributed by atoms with Gasteiger partial charge in [0.2, 0.25) is 0 Å². The number of nitrogens with zero attached hydrogens (tertiary/aromatic N) is 2. The largest absolute Gasteiger partial charge is 0.272 e. The number of carbonyl (C=O) groups excluding carboxylic acids is 1. The second-order valence-electron chi connectivity index (χ2n) is 4.56. The molecule has 0 aromatic heterocycles. The zero-order valence-electron chi connectivity index (χ0n) is 10.2. The molecule has 0 spiro atoms. The molecule has 90 valence electrons. The second-order valence-corrected chi connectivity index (χ2v) is 4.56. The molecular weight excluding hydrogens is 219 g/mol. The van der Waals surface area contributed by atoms with Gasteiger partial charge in [0.15, 0.2) is 0 Å². The highest BCUT2D eigenvalue weighted by atomic mass is 19.1. The molecule has 0 radical (unpaired) electrons. The van der Waals surface area contributed by atoms with Crippen molar-refractivity contribution in [3.8, 4) is 0 Å². The highest BCUT2D eigenvalue weighted by Gasteiger charge is 2.27. The Balaban J connectivity index is 2.37. The number of halogens is 1. The standard InChI is InChI=1S/C13H15FN2O/c1-8(2)11-7-13(17)16(15-11)12-5-4-10(14)6-9(12)3/h4-6,8H,7H2,1-3H3. The van der Waals surface area contributed by atoms with E-state index in [4.69, 9.17) is 0 Å². The van der Waals surface area contributed by atoms with E-state index in [1.165, 1.54) is 17.1 Å². The Morgan fingerprint density at radius 2 is 2.12 bits per heavy atom. The normalized spacial score (nSPS) is 15.7. The van der Waals surface area contributed by atoms with Gasteiger partial charge in [0.25, 0.3) is 5.91 Å². The van der Waals surface area contributed by atoms with Crippen molar-refractivity contribution in [1.29, 1.82) is 0 Å². The number of anilines is 1. The fraction of sp³-hybridized carbons (Fsp3) is 0.385. The molecule has 0 atom stereocenters. The minimum Gasteiger partial charge on any atom is -0.272 e. The summed E-state index contributed by atoms with van der Waals surface area (Å²) in [6.45, 7) is 5.79. The first-order chi connectivity index (χ1) is 7.99. The number of carbonyl (C=O) groups is 1. The van der Waals surface area contributed by atoms with Crippen LogP contribution in [0.2, 0.25) is 0 Å². The van der Waals surface area contributed by atoms with Crippen LogP contribution in [0.5, 0.6) is 0 Å². The van der Waals surface area contributed by atoms with Crippen LogP contribution in [0.4, 0.5) is 10.1 Å². The Labute approximate surface area is 99.9 Å². The molecule has 0 unspecified atom stereocenters. The lowest BCUT2D eigenvalue weighted by Crippen LogP contribution is -2.20. The van der Waals surface area contributed by atoms with E-state index in [0.29, 0.717) is 17.7 Å². The van der Waals surface area contributed by atoms with E-state index < -0.39 is 0 Å². The first-order valence-electron chi connectivity index (χ1n) is 5.65. The molecule has 0 saturated carbocycles. The molecule has 17 heavy (non-hydrogen) atoms. The molecule has 1 aromatic carbocycles. The van der Waals surface area contributed by atoms with E-state index >= 15 is 0 Å². The fourth-order valence-corrected chi connectivity index (χ4v) is 1.81. The summed E-state index contributed by atoms with van der Waals surface area (Å²) in [6.07, 6.45) is 0.356. The van der Waals surface area contributed by atoms with Crippen molar-refractivity contribution in [2.45, 2.75) is 27.2 Å². The van der Waals surface area contributed by atoms with Crippen molar-refractivity contribution in [1.82, 2.24) is 0 Å². The number of hydrazone groups is 1. The van der Waals surface area contributed by atoms with Gasteiger partial charge in [-0.2, -0.15) is 5.10 Å². The molecule has 0 fully saturated rings. The van der Waals surface area contributed by atoms with Crippen molar-refractivity contribution in [3.63, 3.8) is 0 Å². The van der Waals surface area contributed by atoms with Gasteiger partial charge in [-0.3, -0.25) is 4.79 Å². The Morgan fingerprint density at radius 1 is 1.41 bits per heavy atom. The number of hydrogen-bond donors (Lipinski definition) is 0. The van der Waals surface area contributed by atoms with Crippen molar-refractivity contribution in [3.05, 3.63) is 29.6 Å². The number of rotatable bonds is 2. The molecular formula is C13H15FN2O. The quantitative estimate of drug-likeness (QED) is 0.774. The summed E-state index contributed by atoms with van der Waals surface area (Å²) in [5.41, 5.74) is 2.25. The maximum atomic E-state index is 13.0. The maximum Gasteiger partial charge on any atom is 0.253 e. The van der Waals surface area contributed by atoms with E-state index in [9.17, 15) is 9.18 Å². The monoisotopic (exact) mass is 234 g/mol. The van der Waals surface area contributed by atoms with Crippen molar-refractivity contribution < 1.29 is 9.18 Å². The first kappa shape index (κ1) is 11.8. The average molecular weight is 234 g/mol. The molecule has 2 rings (SSSR count). The Kier molecular flexibility index (Phi) is 2.96. The number of hydrogen-bond acceptors (Lipinski definition) is 2. The van der Waals surface area contributed by atoms with Crippen LogP contribution >= 0.6 is 0 Å². The van der Waals surface area contributed by atoms with Crippen LogP contribution in [-0.2, 0) is 4.79 Å². The average Bonchev–Trinajstić information content (AvgIpc) is 2.61. The molecule has 4 heteroatoms. The van der Waals surface area contributed by atoms with Gasteiger partial charge < -0.3 is 0 Å². The van der Waals surface area contributed by atoms with E-state index in [2.05, 4.69) is 5.10 Å². The van der Waals surface area contributed by atoms with E-state index in [1.807, 2.05) is 13.8 Å². The number of aryl methyl sites for hydroxylation is 1. The topological polar surface area (TPSA) is 32.7 Å². The van der Waals surface area contributed by atoms with Crippen LogP contribution in [0.25, 0.3) is 0 Å². The van der Waals surface area contributed by atoms with E-state index in [1.54, 1.807) is 13.0 Å². The predicted molar refractivity (Wildman–Crippen MR) is 65.5 cm³/mol. The van der Waals surface area contributed by atoms with Gasteiger partial charge in [-0.05, 0) is 36.6 Å². The number of amides is 1. The highest BCUT2D eigenvalue weighted by molar-refractivity contribution is 6.13. The third-order valence-electron chi connectivity index (χ3n) is 2.85. The molecule has 1 aromatic rings. The van der Waals surface area contributed by atoms with Gasteiger partial charge in [0, 0.05) is 0 Å². The van der Waals surface area contributed by atoms with Crippen molar-refractivity contribution >= 4 is 17.3 Å². The Bertz CT molecular complexity index is 494. The Hall–Kier alpha value is -1.71. The van der Waals surface area contributed by atoms with Crippen LogP contribution in [0.1, 0.15) is 25.8 Å². The molecule has 1 amide bonds. The van der Waals surface area contributed by atoms with Crippen LogP contribution in [0.15, 0.2) is 23.3 Å². The van der Waals surface area contributed by atoms with E-state index in [-0.39, 0.29) is 17.6 Å². The van der Waals surface area contributed by atoms with Crippen molar-refractivity contribution in [2.75, 3.05) is 5.01 Å². The summed E-state index contributed by atoms with van der Waals surface area (Å²) in [6, 6.07) is 4.35. The second kappa shape index (κ2) is 4.28. The molecule has 3 nitrogen and oxygen atoms in total. The third kappa shape index (κ3) is 2.20. The predicted octanol–water partition coefficient (Wildman–Crippen LogP) is 2.88.